The van der Waals surface area contributed by atoms with Gasteiger partial charge in [0.2, 0.25) is 0 Å². The average molecular weight is 422 g/mol. The number of carbonyl (C=O) groups is 1. The zero-order valence-corrected chi connectivity index (χ0v) is 18.3. The molecule has 6 heteroatoms. The molecule has 0 fully saturated rings. The molecule has 0 spiro atoms. The molecule has 3 aromatic rings. The summed E-state index contributed by atoms with van der Waals surface area (Å²) in [7, 11) is 1.64. The minimum Gasteiger partial charge on any atom is -0.497 e. The molecule has 1 aliphatic carbocycles. The Bertz CT molecular complexity index is 1070. The number of methoxy groups -OCH3 is 1. The van der Waals surface area contributed by atoms with Gasteiger partial charge in [-0.05, 0) is 74.1 Å². The number of hydrogen-bond acceptors (Lipinski definition) is 3. The standard InChI is InChI=1S/C24H27N3O2S/c1-3-20-21-8-6-14-26(21)23-19(18-7-4-5-9-22(18)30-23)15-27(20)24(28)25-16-10-12-17(29-2)13-11-16/h6,8,10-14,20H,3-5,7,9,15H2,1-2H3,(H,25,28)/t20-/m0/s1. The fourth-order valence-corrected chi connectivity index (χ4v) is 6.18. The number of fused-ring (bicyclic) bond motifs is 5. The minimum absolute atomic E-state index is 0.0390. The van der Waals surface area contributed by atoms with Gasteiger partial charge in [0.25, 0.3) is 0 Å². The van der Waals surface area contributed by atoms with Gasteiger partial charge >= 0.3 is 6.03 Å². The summed E-state index contributed by atoms with van der Waals surface area (Å²) < 4.78 is 7.56. The first-order valence-corrected chi connectivity index (χ1v) is 11.5. The van der Waals surface area contributed by atoms with E-state index in [0.29, 0.717) is 6.54 Å². The van der Waals surface area contributed by atoms with Gasteiger partial charge in [-0.2, -0.15) is 0 Å². The van der Waals surface area contributed by atoms with E-state index >= 15 is 0 Å². The number of amides is 2. The smallest absolute Gasteiger partial charge is 0.322 e. The summed E-state index contributed by atoms with van der Waals surface area (Å²) in [5.41, 5.74) is 4.80. The first-order chi connectivity index (χ1) is 14.7. The van der Waals surface area contributed by atoms with E-state index in [0.717, 1.165) is 24.3 Å². The second-order valence-electron chi connectivity index (χ2n) is 8.01. The summed E-state index contributed by atoms with van der Waals surface area (Å²) in [5, 5.41) is 4.41. The Morgan fingerprint density at radius 2 is 1.97 bits per heavy atom. The van der Waals surface area contributed by atoms with E-state index in [1.807, 2.05) is 40.5 Å². The van der Waals surface area contributed by atoms with Crippen LogP contribution in [-0.4, -0.2) is 22.6 Å². The Morgan fingerprint density at radius 1 is 1.17 bits per heavy atom. The number of nitrogens with one attached hydrogen (secondary N) is 1. The predicted molar refractivity (Wildman–Crippen MR) is 121 cm³/mol. The third-order valence-electron chi connectivity index (χ3n) is 6.29. The molecule has 3 heterocycles. The van der Waals surface area contributed by atoms with E-state index in [2.05, 4.69) is 35.1 Å². The summed E-state index contributed by atoms with van der Waals surface area (Å²) in [5.74, 6) is 0.779. The Hall–Kier alpha value is -2.73. The summed E-state index contributed by atoms with van der Waals surface area (Å²) in [6.07, 6.45) is 7.83. The van der Waals surface area contributed by atoms with Crippen molar-refractivity contribution in [3.8, 4) is 10.8 Å². The minimum atomic E-state index is -0.0524. The molecule has 1 aromatic carbocycles. The molecule has 2 aliphatic rings. The molecule has 0 saturated heterocycles. The number of carbonyl (C=O) groups excluding carboxylic acids is 1. The van der Waals surface area contributed by atoms with E-state index in [1.165, 1.54) is 46.0 Å². The molecule has 156 valence electrons. The second kappa shape index (κ2) is 7.84. The van der Waals surface area contributed by atoms with Crippen LogP contribution in [-0.2, 0) is 19.4 Å². The van der Waals surface area contributed by atoms with Crippen LogP contribution in [0.5, 0.6) is 5.75 Å². The molecular weight excluding hydrogens is 394 g/mol. The Labute approximate surface area is 181 Å². The fourth-order valence-electron chi connectivity index (χ4n) is 4.78. The van der Waals surface area contributed by atoms with Crippen LogP contribution in [0.4, 0.5) is 10.5 Å². The van der Waals surface area contributed by atoms with Crippen LogP contribution in [0.3, 0.4) is 0 Å². The maximum Gasteiger partial charge on any atom is 0.322 e. The maximum atomic E-state index is 13.5. The number of anilines is 1. The summed E-state index contributed by atoms with van der Waals surface area (Å²) in [4.78, 5) is 17.0. The van der Waals surface area contributed by atoms with E-state index in [4.69, 9.17) is 4.74 Å². The van der Waals surface area contributed by atoms with Crippen LogP contribution in [0, 0.1) is 0 Å². The fraction of sp³-hybridized carbons (Fsp3) is 0.375. The van der Waals surface area contributed by atoms with Crippen molar-refractivity contribution >= 4 is 23.1 Å². The van der Waals surface area contributed by atoms with E-state index in [9.17, 15) is 4.79 Å². The Kier molecular flexibility index (Phi) is 5.03. The van der Waals surface area contributed by atoms with Gasteiger partial charge in [-0.1, -0.05) is 6.92 Å². The van der Waals surface area contributed by atoms with Crippen LogP contribution in [0.15, 0.2) is 42.6 Å². The SMILES string of the molecule is CC[C@H]1c2cccn2-c2sc3c(c2CN1C(=O)Nc1ccc(OC)cc1)CCCC3. The van der Waals surface area contributed by atoms with Crippen LogP contribution in [0.1, 0.15) is 53.9 Å². The van der Waals surface area contributed by atoms with Crippen LogP contribution >= 0.6 is 11.3 Å². The molecular formula is C24H27N3O2S. The highest BCUT2D eigenvalue weighted by Crippen LogP contribution is 2.43. The van der Waals surface area contributed by atoms with E-state index in [-0.39, 0.29) is 12.1 Å². The van der Waals surface area contributed by atoms with Crippen molar-refractivity contribution in [1.82, 2.24) is 9.47 Å². The van der Waals surface area contributed by atoms with Crippen molar-refractivity contribution < 1.29 is 9.53 Å². The molecule has 0 radical (unpaired) electrons. The van der Waals surface area contributed by atoms with Crippen molar-refractivity contribution in [3.63, 3.8) is 0 Å². The summed E-state index contributed by atoms with van der Waals surface area (Å²) >= 11 is 1.92. The van der Waals surface area contributed by atoms with Gasteiger partial charge in [0, 0.05) is 28.0 Å². The topological polar surface area (TPSA) is 46.5 Å². The molecule has 5 rings (SSSR count). The molecule has 0 saturated carbocycles. The second-order valence-corrected chi connectivity index (χ2v) is 9.09. The number of benzene rings is 1. The van der Waals surface area contributed by atoms with Gasteiger partial charge in [0.15, 0.2) is 0 Å². The van der Waals surface area contributed by atoms with Gasteiger partial charge in [-0.15, -0.1) is 11.3 Å². The van der Waals surface area contributed by atoms with E-state index in [1.54, 1.807) is 7.11 Å². The van der Waals surface area contributed by atoms with Crippen molar-refractivity contribution in [3.05, 3.63) is 64.3 Å². The number of rotatable bonds is 3. The Balaban J connectivity index is 1.53. The van der Waals surface area contributed by atoms with Crippen LogP contribution in [0.25, 0.3) is 5.00 Å². The highest BCUT2D eigenvalue weighted by Gasteiger charge is 2.34. The summed E-state index contributed by atoms with van der Waals surface area (Å²) in [6.45, 7) is 2.81. The molecule has 5 nitrogen and oxygen atoms in total. The third-order valence-corrected chi connectivity index (χ3v) is 7.63. The number of aromatic nitrogens is 1. The summed E-state index contributed by atoms with van der Waals surface area (Å²) in [6, 6.07) is 11.8. The third kappa shape index (κ3) is 3.19. The lowest BCUT2D eigenvalue weighted by atomic mass is 9.95. The lowest BCUT2D eigenvalue weighted by molar-refractivity contribution is 0.181. The van der Waals surface area contributed by atoms with Gasteiger partial charge in [-0.3, -0.25) is 0 Å². The number of ether oxygens (including phenoxy) is 1. The number of thiophene rings is 1. The highest BCUT2D eigenvalue weighted by atomic mass is 32.1. The first kappa shape index (κ1) is 19.2. The Morgan fingerprint density at radius 3 is 2.73 bits per heavy atom. The number of urea groups is 1. The lowest BCUT2D eigenvalue weighted by Crippen LogP contribution is -2.37. The first-order valence-electron chi connectivity index (χ1n) is 10.7. The predicted octanol–water partition coefficient (Wildman–Crippen LogP) is 5.93. The number of aryl methyl sites for hydroxylation is 1. The number of hydrogen-bond donors (Lipinski definition) is 1. The molecule has 30 heavy (non-hydrogen) atoms. The van der Waals surface area contributed by atoms with Gasteiger partial charge in [-0.25, -0.2) is 4.79 Å². The molecule has 0 unspecified atom stereocenters. The monoisotopic (exact) mass is 421 g/mol. The molecule has 1 atom stereocenters. The maximum absolute atomic E-state index is 13.5. The van der Waals surface area contributed by atoms with Crippen LogP contribution < -0.4 is 10.1 Å². The van der Waals surface area contributed by atoms with Gasteiger partial charge in [0.05, 0.1) is 19.7 Å². The zero-order chi connectivity index (χ0) is 20.7. The van der Waals surface area contributed by atoms with Gasteiger partial charge < -0.3 is 19.5 Å². The average Bonchev–Trinajstić information content (AvgIpc) is 3.36. The van der Waals surface area contributed by atoms with Crippen LogP contribution in [0.2, 0.25) is 0 Å². The molecule has 0 bridgehead atoms. The molecule has 1 N–H and O–H groups in total. The van der Waals surface area contributed by atoms with Crippen molar-refractivity contribution in [1.29, 1.82) is 0 Å². The van der Waals surface area contributed by atoms with Crippen molar-refractivity contribution in [2.24, 2.45) is 0 Å². The zero-order valence-electron chi connectivity index (χ0n) is 17.5. The normalized spacial score (nSPS) is 17.5. The highest BCUT2D eigenvalue weighted by molar-refractivity contribution is 7.15. The van der Waals surface area contributed by atoms with E-state index < -0.39 is 0 Å². The largest absolute Gasteiger partial charge is 0.497 e. The molecule has 2 aromatic heterocycles. The van der Waals surface area contributed by atoms with Gasteiger partial charge in [0.1, 0.15) is 10.8 Å². The van der Waals surface area contributed by atoms with Crippen molar-refractivity contribution in [2.75, 3.05) is 12.4 Å². The molecule has 1 aliphatic heterocycles. The lowest BCUT2D eigenvalue weighted by Gasteiger charge is -2.30. The quantitative estimate of drug-likeness (QED) is 0.570. The number of nitrogens with zero attached hydrogens (tertiary/aromatic N) is 2. The molecule has 2 amide bonds. The van der Waals surface area contributed by atoms with Crippen molar-refractivity contribution in [2.45, 2.75) is 51.6 Å².